The topological polar surface area (TPSA) is 110 Å². The average Bonchev–Trinajstić information content (AvgIpc) is 2.92. The van der Waals surface area contributed by atoms with Crippen molar-refractivity contribution in [2.45, 2.75) is 11.7 Å². The molecule has 1 unspecified atom stereocenters. The first kappa shape index (κ1) is 18.4. The summed E-state index contributed by atoms with van der Waals surface area (Å²) in [6, 6.07) is 5.11. The molecule has 25 heavy (non-hydrogen) atoms. The van der Waals surface area contributed by atoms with E-state index in [-0.39, 0.29) is 18.2 Å². The Morgan fingerprint density at radius 1 is 1.56 bits per heavy atom. The van der Waals surface area contributed by atoms with Crippen molar-refractivity contribution in [2.24, 2.45) is 10.2 Å². The number of amides is 1. The minimum absolute atomic E-state index is 0.102. The molecule has 1 fully saturated rings. The minimum Gasteiger partial charge on any atom is -0.497 e. The maximum atomic E-state index is 11.6. The van der Waals surface area contributed by atoms with E-state index in [1.165, 1.54) is 13.3 Å². The largest absolute Gasteiger partial charge is 0.497 e. The van der Waals surface area contributed by atoms with Gasteiger partial charge in [0, 0.05) is 5.56 Å². The Morgan fingerprint density at radius 3 is 3.04 bits per heavy atom. The van der Waals surface area contributed by atoms with Crippen molar-refractivity contribution in [3.63, 3.8) is 0 Å². The van der Waals surface area contributed by atoms with Gasteiger partial charge in [0.2, 0.25) is 5.91 Å². The number of hydrogen-bond acceptors (Lipinski definition) is 7. The molecule has 1 aliphatic rings. The van der Waals surface area contributed by atoms with Gasteiger partial charge >= 0.3 is 5.97 Å². The molecular formula is C16H15N3O5S. The van der Waals surface area contributed by atoms with Gasteiger partial charge in [-0.25, -0.2) is 0 Å². The Hall–Kier alpha value is -2.99. The van der Waals surface area contributed by atoms with Crippen molar-refractivity contribution < 1.29 is 24.2 Å². The molecule has 1 aromatic rings. The molecule has 0 aromatic heterocycles. The Bertz CT molecular complexity index is 770. The second kappa shape index (κ2) is 8.75. The molecule has 2 rings (SSSR count). The Morgan fingerprint density at radius 2 is 2.36 bits per heavy atom. The molecule has 0 spiro atoms. The van der Waals surface area contributed by atoms with E-state index in [0.717, 1.165) is 11.8 Å². The van der Waals surface area contributed by atoms with Crippen molar-refractivity contribution in [1.29, 1.82) is 0 Å². The first-order valence-electron chi connectivity index (χ1n) is 7.08. The number of benzene rings is 1. The van der Waals surface area contributed by atoms with E-state index in [1.54, 1.807) is 18.2 Å². The fourth-order valence-electron chi connectivity index (χ4n) is 1.89. The second-order valence-corrected chi connectivity index (χ2v) is 5.93. The quantitative estimate of drug-likeness (QED) is 0.428. The van der Waals surface area contributed by atoms with E-state index in [4.69, 9.17) is 21.0 Å². The van der Waals surface area contributed by atoms with Crippen LogP contribution >= 0.6 is 11.8 Å². The summed E-state index contributed by atoms with van der Waals surface area (Å²) >= 11 is 1.02. The van der Waals surface area contributed by atoms with E-state index in [1.807, 2.05) is 0 Å². The lowest BCUT2D eigenvalue weighted by molar-refractivity contribution is -0.138. The number of carboxylic acids is 1. The van der Waals surface area contributed by atoms with Gasteiger partial charge in [0.15, 0.2) is 5.17 Å². The molecule has 2 N–H and O–H groups in total. The fraction of sp³-hybridized carbons (Fsp3) is 0.250. The number of carbonyl (C=O) groups excluding carboxylic acids is 1. The van der Waals surface area contributed by atoms with Gasteiger partial charge in [-0.3, -0.25) is 9.59 Å². The molecule has 130 valence electrons. The van der Waals surface area contributed by atoms with Gasteiger partial charge < -0.3 is 19.9 Å². The number of ether oxygens (including phenoxy) is 2. The Labute approximate surface area is 148 Å². The van der Waals surface area contributed by atoms with Crippen molar-refractivity contribution in [2.75, 3.05) is 13.7 Å². The van der Waals surface area contributed by atoms with Crippen molar-refractivity contribution in [3.8, 4) is 23.8 Å². The number of methoxy groups -OCH3 is 1. The monoisotopic (exact) mass is 361 g/mol. The summed E-state index contributed by atoms with van der Waals surface area (Å²) in [5, 5.41) is 18.6. The standard InChI is InChI=1S/C16H15N3O5S/c1-3-6-24-12-5-4-11(23-2)7-10(12)9-17-19-16-18-15(22)13(25-16)8-14(20)21/h1,4-5,7,9,13H,6,8H2,2H3,(H,20,21)(H,18,19,22). The van der Waals surface area contributed by atoms with Crippen molar-refractivity contribution in [1.82, 2.24) is 5.32 Å². The third kappa shape index (κ3) is 5.26. The van der Waals surface area contributed by atoms with Gasteiger partial charge in [0.05, 0.1) is 19.7 Å². The molecule has 1 atom stereocenters. The number of nitrogens with one attached hydrogen (secondary N) is 1. The van der Waals surface area contributed by atoms with Crippen LogP contribution in [0.3, 0.4) is 0 Å². The molecule has 0 radical (unpaired) electrons. The molecule has 1 saturated heterocycles. The van der Waals surface area contributed by atoms with Crippen LogP contribution in [0.25, 0.3) is 0 Å². The van der Waals surface area contributed by atoms with Crippen LogP contribution in [0.15, 0.2) is 28.4 Å². The van der Waals surface area contributed by atoms with Gasteiger partial charge in [0.25, 0.3) is 0 Å². The first-order chi connectivity index (χ1) is 12.0. The highest BCUT2D eigenvalue weighted by Crippen LogP contribution is 2.24. The van der Waals surface area contributed by atoms with Crippen LogP contribution in [0.1, 0.15) is 12.0 Å². The summed E-state index contributed by atoms with van der Waals surface area (Å²) < 4.78 is 10.6. The van der Waals surface area contributed by atoms with Gasteiger partial charge in [-0.2, -0.15) is 5.10 Å². The lowest BCUT2D eigenvalue weighted by Gasteiger charge is -2.07. The minimum atomic E-state index is -1.05. The van der Waals surface area contributed by atoms with Crippen LogP contribution in [-0.4, -0.2) is 47.3 Å². The Balaban J connectivity index is 2.12. The highest BCUT2D eigenvalue weighted by molar-refractivity contribution is 8.15. The maximum Gasteiger partial charge on any atom is 0.305 e. The highest BCUT2D eigenvalue weighted by Gasteiger charge is 2.32. The average molecular weight is 361 g/mol. The Kier molecular flexibility index (Phi) is 6.42. The van der Waals surface area contributed by atoms with E-state index in [0.29, 0.717) is 17.1 Å². The lowest BCUT2D eigenvalue weighted by Crippen LogP contribution is -2.26. The summed E-state index contributed by atoms with van der Waals surface area (Å²) in [5.74, 6) is 2.03. The smallest absolute Gasteiger partial charge is 0.305 e. The summed E-state index contributed by atoms with van der Waals surface area (Å²) in [4.78, 5) is 22.3. The van der Waals surface area contributed by atoms with Crippen LogP contribution < -0.4 is 14.8 Å². The third-order valence-electron chi connectivity index (χ3n) is 3.01. The zero-order valence-corrected chi connectivity index (χ0v) is 14.1. The van der Waals surface area contributed by atoms with Crippen molar-refractivity contribution in [3.05, 3.63) is 23.8 Å². The number of rotatable bonds is 7. The molecule has 0 saturated carbocycles. The number of hydrogen-bond donors (Lipinski definition) is 2. The van der Waals surface area contributed by atoms with E-state index in [9.17, 15) is 9.59 Å². The molecule has 1 amide bonds. The molecule has 8 nitrogen and oxygen atoms in total. The van der Waals surface area contributed by atoms with Crippen molar-refractivity contribution >= 4 is 35.0 Å². The van der Waals surface area contributed by atoms with E-state index in [2.05, 4.69) is 21.4 Å². The molecule has 9 heteroatoms. The molecule has 0 bridgehead atoms. The number of nitrogens with zero attached hydrogens (tertiary/aromatic N) is 2. The summed E-state index contributed by atoms with van der Waals surface area (Å²) in [6.07, 6.45) is 6.34. The molecule has 0 aliphatic carbocycles. The van der Waals surface area contributed by atoms with Gasteiger partial charge in [-0.1, -0.05) is 17.7 Å². The van der Waals surface area contributed by atoms with E-state index >= 15 is 0 Å². The lowest BCUT2D eigenvalue weighted by atomic mass is 10.2. The predicted molar refractivity (Wildman–Crippen MR) is 94.1 cm³/mol. The summed E-state index contributed by atoms with van der Waals surface area (Å²) in [6.45, 7) is 0.102. The summed E-state index contributed by atoms with van der Waals surface area (Å²) in [7, 11) is 1.53. The summed E-state index contributed by atoms with van der Waals surface area (Å²) in [5.41, 5.74) is 0.593. The molecular weight excluding hydrogens is 346 g/mol. The number of terminal acetylenes is 1. The van der Waals surface area contributed by atoms with Crippen LogP contribution in [0.4, 0.5) is 0 Å². The van der Waals surface area contributed by atoms with Crippen LogP contribution in [-0.2, 0) is 9.59 Å². The fourth-order valence-corrected chi connectivity index (χ4v) is 2.81. The molecule has 1 aliphatic heterocycles. The number of carboxylic acid groups (broad SMARTS) is 1. The number of carbonyl (C=O) groups is 2. The normalized spacial score (nSPS) is 18.2. The third-order valence-corrected chi connectivity index (χ3v) is 4.08. The zero-order valence-electron chi connectivity index (χ0n) is 13.3. The number of aliphatic carboxylic acids is 1. The van der Waals surface area contributed by atoms with Crippen LogP contribution in [0, 0.1) is 12.3 Å². The van der Waals surface area contributed by atoms with Crippen LogP contribution in [0.5, 0.6) is 11.5 Å². The first-order valence-corrected chi connectivity index (χ1v) is 7.96. The highest BCUT2D eigenvalue weighted by atomic mass is 32.2. The van der Waals surface area contributed by atoms with E-state index < -0.39 is 17.1 Å². The van der Waals surface area contributed by atoms with Gasteiger partial charge in [0.1, 0.15) is 23.4 Å². The SMILES string of the molecule is C#CCOc1ccc(OC)cc1C=NN=C1NC(=O)C(CC(=O)O)S1. The van der Waals surface area contributed by atoms with Gasteiger partial charge in [-0.05, 0) is 18.2 Å². The van der Waals surface area contributed by atoms with Crippen LogP contribution in [0.2, 0.25) is 0 Å². The second-order valence-electron chi connectivity index (χ2n) is 4.74. The molecule has 1 heterocycles. The predicted octanol–water partition coefficient (Wildman–Crippen LogP) is 1.10. The van der Waals surface area contributed by atoms with Gasteiger partial charge in [-0.15, -0.1) is 11.5 Å². The zero-order chi connectivity index (χ0) is 18.2. The molecule has 1 aromatic carbocycles. The number of thioether (sulfide) groups is 1. The number of amidine groups is 1. The maximum absolute atomic E-state index is 11.6.